The van der Waals surface area contributed by atoms with Crippen molar-refractivity contribution in [3.05, 3.63) is 21.9 Å². The van der Waals surface area contributed by atoms with E-state index in [0.29, 0.717) is 6.04 Å². The van der Waals surface area contributed by atoms with Crippen LogP contribution in [0.15, 0.2) is 12.1 Å². The zero-order chi connectivity index (χ0) is 9.42. The monoisotopic (exact) mass is 195 g/mol. The Kier molecular flexibility index (Phi) is 2.43. The summed E-state index contributed by atoms with van der Waals surface area (Å²) in [5, 5.41) is 0. The van der Waals surface area contributed by atoms with Gasteiger partial charge in [0.15, 0.2) is 0 Å². The zero-order valence-electron chi connectivity index (χ0n) is 8.29. The molecule has 0 bridgehead atoms. The van der Waals surface area contributed by atoms with E-state index in [1.54, 1.807) is 4.88 Å². The number of hydrogen-bond acceptors (Lipinski definition) is 2. The van der Waals surface area contributed by atoms with Gasteiger partial charge in [0.2, 0.25) is 0 Å². The summed E-state index contributed by atoms with van der Waals surface area (Å²) >= 11 is 1.94. The van der Waals surface area contributed by atoms with Gasteiger partial charge in [-0.3, -0.25) is 0 Å². The van der Waals surface area contributed by atoms with Crippen LogP contribution in [0.4, 0.5) is 0 Å². The standard InChI is InChI=1S/C11H17NS/c1-3-8-9(6-10(8)12)11-5-4-7(2)13-11/h4-5,8-10H,3,6,12H2,1-2H3. The van der Waals surface area contributed by atoms with Crippen LogP contribution in [0.25, 0.3) is 0 Å². The van der Waals surface area contributed by atoms with Gasteiger partial charge >= 0.3 is 0 Å². The van der Waals surface area contributed by atoms with Gasteiger partial charge < -0.3 is 5.73 Å². The molecular weight excluding hydrogens is 178 g/mol. The lowest BCUT2D eigenvalue weighted by molar-refractivity contribution is 0.201. The third-order valence-electron chi connectivity index (χ3n) is 3.19. The van der Waals surface area contributed by atoms with Gasteiger partial charge in [-0.05, 0) is 37.3 Å². The molecule has 1 aromatic heterocycles. The first-order chi connectivity index (χ1) is 6.22. The second-order valence-electron chi connectivity index (χ2n) is 4.03. The Morgan fingerprint density at radius 2 is 2.31 bits per heavy atom. The van der Waals surface area contributed by atoms with Crippen LogP contribution in [0.5, 0.6) is 0 Å². The lowest BCUT2D eigenvalue weighted by atomic mass is 9.68. The summed E-state index contributed by atoms with van der Waals surface area (Å²) in [6.07, 6.45) is 2.42. The molecule has 1 aliphatic rings. The van der Waals surface area contributed by atoms with Crippen LogP contribution in [0.2, 0.25) is 0 Å². The van der Waals surface area contributed by atoms with E-state index in [9.17, 15) is 0 Å². The molecule has 0 spiro atoms. The highest BCUT2D eigenvalue weighted by atomic mass is 32.1. The first kappa shape index (κ1) is 9.22. The molecule has 1 aromatic rings. The molecule has 0 saturated heterocycles. The Balaban J connectivity index is 2.11. The number of rotatable bonds is 2. The van der Waals surface area contributed by atoms with E-state index < -0.39 is 0 Å². The Morgan fingerprint density at radius 3 is 2.77 bits per heavy atom. The number of nitrogens with two attached hydrogens (primary N) is 1. The molecule has 1 fully saturated rings. The Hall–Kier alpha value is -0.340. The molecule has 0 aromatic carbocycles. The summed E-state index contributed by atoms with van der Waals surface area (Å²) in [5.74, 6) is 1.50. The van der Waals surface area contributed by atoms with Gasteiger partial charge in [0.25, 0.3) is 0 Å². The first-order valence-corrected chi connectivity index (χ1v) is 5.86. The highest BCUT2D eigenvalue weighted by Gasteiger charge is 2.38. The maximum absolute atomic E-state index is 5.97. The van der Waals surface area contributed by atoms with Crippen molar-refractivity contribution in [1.82, 2.24) is 0 Å². The quantitative estimate of drug-likeness (QED) is 0.771. The third kappa shape index (κ3) is 1.53. The Labute approximate surface area is 84.0 Å². The van der Waals surface area contributed by atoms with E-state index in [0.717, 1.165) is 11.8 Å². The van der Waals surface area contributed by atoms with Gasteiger partial charge in [-0.2, -0.15) is 0 Å². The lowest BCUT2D eigenvalue weighted by Crippen LogP contribution is -2.45. The molecule has 2 heteroatoms. The molecule has 0 aliphatic heterocycles. The molecule has 0 radical (unpaired) electrons. The molecule has 1 saturated carbocycles. The van der Waals surface area contributed by atoms with Crippen LogP contribution in [0.3, 0.4) is 0 Å². The van der Waals surface area contributed by atoms with E-state index in [1.165, 1.54) is 17.7 Å². The minimum atomic E-state index is 0.456. The second kappa shape index (κ2) is 3.43. The van der Waals surface area contributed by atoms with Gasteiger partial charge in [0.1, 0.15) is 0 Å². The molecule has 1 aliphatic carbocycles. The first-order valence-electron chi connectivity index (χ1n) is 5.04. The minimum Gasteiger partial charge on any atom is -0.327 e. The summed E-state index contributed by atoms with van der Waals surface area (Å²) in [6.45, 7) is 4.42. The highest BCUT2D eigenvalue weighted by molar-refractivity contribution is 7.12. The number of hydrogen-bond donors (Lipinski definition) is 1. The van der Waals surface area contributed by atoms with Crippen molar-refractivity contribution < 1.29 is 0 Å². The number of aryl methyl sites for hydroxylation is 1. The maximum atomic E-state index is 5.97. The lowest BCUT2D eigenvalue weighted by Gasteiger charge is -2.42. The normalized spacial score (nSPS) is 33.0. The summed E-state index contributed by atoms with van der Waals surface area (Å²) in [7, 11) is 0. The fourth-order valence-corrected chi connectivity index (χ4v) is 3.38. The zero-order valence-corrected chi connectivity index (χ0v) is 9.10. The predicted octanol–water partition coefficient (Wildman–Crippen LogP) is 2.90. The summed E-state index contributed by atoms with van der Waals surface area (Å²) in [5.41, 5.74) is 5.97. The largest absolute Gasteiger partial charge is 0.327 e. The van der Waals surface area contributed by atoms with Crippen molar-refractivity contribution in [2.24, 2.45) is 11.7 Å². The van der Waals surface area contributed by atoms with Gasteiger partial charge in [0, 0.05) is 15.8 Å². The molecule has 3 unspecified atom stereocenters. The van der Waals surface area contributed by atoms with Gasteiger partial charge in [-0.1, -0.05) is 13.3 Å². The van der Waals surface area contributed by atoms with Gasteiger partial charge in [-0.25, -0.2) is 0 Å². The maximum Gasteiger partial charge on any atom is 0.00829 e. The van der Waals surface area contributed by atoms with Crippen molar-refractivity contribution in [2.45, 2.75) is 38.6 Å². The summed E-state index contributed by atoms with van der Waals surface area (Å²) < 4.78 is 0. The Bertz CT molecular complexity index is 292. The van der Waals surface area contributed by atoms with Crippen molar-refractivity contribution >= 4 is 11.3 Å². The van der Waals surface area contributed by atoms with Gasteiger partial charge in [-0.15, -0.1) is 11.3 Å². The molecule has 3 atom stereocenters. The summed E-state index contributed by atoms with van der Waals surface area (Å²) in [6, 6.07) is 4.95. The molecule has 2 rings (SSSR count). The molecule has 0 amide bonds. The molecular formula is C11H17NS. The average Bonchev–Trinajstić information content (AvgIpc) is 2.48. The highest BCUT2D eigenvalue weighted by Crippen LogP contribution is 2.45. The van der Waals surface area contributed by atoms with E-state index in [-0.39, 0.29) is 0 Å². The molecule has 1 heterocycles. The van der Waals surface area contributed by atoms with Crippen LogP contribution in [-0.2, 0) is 0 Å². The van der Waals surface area contributed by atoms with Crippen LogP contribution >= 0.6 is 11.3 Å². The van der Waals surface area contributed by atoms with Crippen molar-refractivity contribution in [2.75, 3.05) is 0 Å². The fourth-order valence-electron chi connectivity index (χ4n) is 2.31. The van der Waals surface area contributed by atoms with E-state index in [1.807, 2.05) is 11.3 Å². The van der Waals surface area contributed by atoms with Crippen molar-refractivity contribution in [3.8, 4) is 0 Å². The van der Waals surface area contributed by atoms with Gasteiger partial charge in [0.05, 0.1) is 0 Å². The molecule has 72 valence electrons. The van der Waals surface area contributed by atoms with E-state index in [4.69, 9.17) is 5.73 Å². The topological polar surface area (TPSA) is 26.0 Å². The smallest absolute Gasteiger partial charge is 0.00829 e. The number of thiophene rings is 1. The third-order valence-corrected chi connectivity index (χ3v) is 4.32. The predicted molar refractivity (Wildman–Crippen MR) is 58.2 cm³/mol. The Morgan fingerprint density at radius 1 is 1.54 bits per heavy atom. The SMILES string of the molecule is CCC1C(N)CC1c1ccc(C)s1. The van der Waals surface area contributed by atoms with E-state index in [2.05, 4.69) is 26.0 Å². The summed E-state index contributed by atoms with van der Waals surface area (Å²) in [4.78, 5) is 2.97. The van der Waals surface area contributed by atoms with Crippen LogP contribution in [0, 0.1) is 12.8 Å². The van der Waals surface area contributed by atoms with Crippen LogP contribution in [0.1, 0.15) is 35.4 Å². The fraction of sp³-hybridized carbons (Fsp3) is 0.636. The molecule has 1 nitrogen and oxygen atoms in total. The van der Waals surface area contributed by atoms with E-state index >= 15 is 0 Å². The second-order valence-corrected chi connectivity index (χ2v) is 5.35. The molecule has 2 N–H and O–H groups in total. The van der Waals surface area contributed by atoms with Crippen LogP contribution in [-0.4, -0.2) is 6.04 Å². The average molecular weight is 195 g/mol. The minimum absolute atomic E-state index is 0.456. The molecule has 13 heavy (non-hydrogen) atoms. The van der Waals surface area contributed by atoms with Crippen molar-refractivity contribution in [1.29, 1.82) is 0 Å². The van der Waals surface area contributed by atoms with Crippen molar-refractivity contribution in [3.63, 3.8) is 0 Å². The van der Waals surface area contributed by atoms with Crippen LogP contribution < -0.4 is 5.73 Å².